The number of halogens is 2. The fourth-order valence-electron chi connectivity index (χ4n) is 2.29. The molecular formula is C18H18Cl2N6O2. The van der Waals surface area contributed by atoms with Gasteiger partial charge in [-0.1, -0.05) is 29.3 Å². The van der Waals surface area contributed by atoms with Crippen LogP contribution in [0.5, 0.6) is 11.5 Å². The summed E-state index contributed by atoms with van der Waals surface area (Å²) in [5.74, 6) is 7.80. The largest absolute Gasteiger partial charge is 0.493 e. The number of rotatable bonds is 7. The maximum absolute atomic E-state index is 6.17. The van der Waals surface area contributed by atoms with E-state index in [-0.39, 0.29) is 6.61 Å². The van der Waals surface area contributed by atoms with E-state index in [1.807, 2.05) is 12.1 Å². The quantitative estimate of drug-likeness (QED) is 0.343. The monoisotopic (exact) mass is 420 g/mol. The van der Waals surface area contributed by atoms with Gasteiger partial charge in [0, 0.05) is 15.6 Å². The summed E-state index contributed by atoms with van der Waals surface area (Å²) in [5.41, 5.74) is 4.34. The number of hydrogen-bond donors (Lipinski definition) is 2. The lowest BCUT2D eigenvalue weighted by molar-refractivity contribution is 0.284. The Labute approximate surface area is 171 Å². The van der Waals surface area contributed by atoms with Gasteiger partial charge in [-0.2, -0.15) is 5.10 Å². The molecule has 0 aliphatic carbocycles. The molecule has 0 fully saturated rings. The minimum atomic E-state index is 0.285. The van der Waals surface area contributed by atoms with Crippen molar-refractivity contribution < 1.29 is 9.47 Å². The standard InChI is InChI=1S/C18H18Cl2N6O2/c1-11-23-25-18(26(11)21)24-22-9-12-3-6-16(17(7-12)27-2)28-10-13-4-5-14(19)8-15(13)20/h3-9H,10,21H2,1-2H3,(H,24,25)/b22-9+. The lowest BCUT2D eigenvalue weighted by Gasteiger charge is -2.12. The molecule has 2 aromatic carbocycles. The molecule has 0 radical (unpaired) electrons. The number of ether oxygens (including phenoxy) is 2. The highest BCUT2D eigenvalue weighted by Crippen LogP contribution is 2.29. The fraction of sp³-hybridized carbons (Fsp3) is 0.167. The highest BCUT2D eigenvalue weighted by atomic mass is 35.5. The van der Waals surface area contributed by atoms with Crippen LogP contribution < -0.4 is 20.7 Å². The number of aromatic nitrogens is 3. The first-order chi connectivity index (χ1) is 13.5. The number of nitrogen functional groups attached to an aromatic ring is 1. The van der Waals surface area contributed by atoms with Crippen LogP contribution in [0.1, 0.15) is 17.0 Å². The Morgan fingerprint density at radius 1 is 1.18 bits per heavy atom. The van der Waals surface area contributed by atoms with Crippen LogP contribution in [0.25, 0.3) is 0 Å². The minimum Gasteiger partial charge on any atom is -0.493 e. The zero-order valence-electron chi connectivity index (χ0n) is 15.2. The van der Waals surface area contributed by atoms with Gasteiger partial charge in [-0.15, -0.1) is 10.2 Å². The number of nitrogens with two attached hydrogens (primary N) is 1. The Morgan fingerprint density at radius 3 is 2.68 bits per heavy atom. The maximum Gasteiger partial charge on any atom is 0.263 e. The normalized spacial score (nSPS) is 11.0. The van der Waals surface area contributed by atoms with Crippen LogP contribution >= 0.6 is 23.2 Å². The van der Waals surface area contributed by atoms with Gasteiger partial charge in [0.1, 0.15) is 6.61 Å². The third-order valence-corrected chi connectivity index (χ3v) is 4.42. The second-order valence-corrected chi connectivity index (χ2v) is 6.59. The number of nitrogens with one attached hydrogen (secondary N) is 1. The van der Waals surface area contributed by atoms with E-state index < -0.39 is 0 Å². The molecule has 0 bridgehead atoms. The van der Waals surface area contributed by atoms with Gasteiger partial charge in [0.15, 0.2) is 17.3 Å². The molecule has 8 nitrogen and oxygen atoms in total. The first-order valence-electron chi connectivity index (χ1n) is 8.19. The van der Waals surface area contributed by atoms with Gasteiger partial charge in [0.25, 0.3) is 5.95 Å². The molecule has 3 rings (SSSR count). The van der Waals surface area contributed by atoms with Crippen molar-refractivity contribution in [2.24, 2.45) is 5.10 Å². The van der Waals surface area contributed by atoms with E-state index in [1.54, 1.807) is 44.5 Å². The number of nitrogens with zero attached hydrogens (tertiary/aromatic N) is 4. The topological polar surface area (TPSA) is 99.6 Å². The van der Waals surface area contributed by atoms with Gasteiger partial charge < -0.3 is 15.3 Å². The Morgan fingerprint density at radius 2 is 2.00 bits per heavy atom. The molecule has 0 atom stereocenters. The Bertz CT molecular complexity index is 1010. The number of anilines is 1. The summed E-state index contributed by atoms with van der Waals surface area (Å²) in [7, 11) is 1.57. The summed E-state index contributed by atoms with van der Waals surface area (Å²) in [4.78, 5) is 0. The lowest BCUT2D eigenvalue weighted by Crippen LogP contribution is -2.13. The van der Waals surface area contributed by atoms with Gasteiger partial charge in [-0.3, -0.25) is 0 Å². The molecule has 146 valence electrons. The van der Waals surface area contributed by atoms with Crippen LogP contribution in [-0.4, -0.2) is 28.2 Å². The molecule has 3 aromatic rings. The second kappa shape index (κ2) is 8.81. The van der Waals surface area contributed by atoms with E-state index in [4.69, 9.17) is 38.5 Å². The van der Waals surface area contributed by atoms with Crippen molar-refractivity contribution in [2.45, 2.75) is 13.5 Å². The van der Waals surface area contributed by atoms with Crippen LogP contribution in [0.3, 0.4) is 0 Å². The molecule has 0 unspecified atom stereocenters. The van der Waals surface area contributed by atoms with Crippen molar-refractivity contribution in [3.8, 4) is 11.5 Å². The minimum absolute atomic E-state index is 0.285. The smallest absolute Gasteiger partial charge is 0.263 e. The predicted octanol–water partition coefficient (Wildman–Crippen LogP) is 3.64. The second-order valence-electron chi connectivity index (χ2n) is 5.75. The van der Waals surface area contributed by atoms with E-state index in [2.05, 4.69) is 20.7 Å². The Balaban J connectivity index is 1.67. The van der Waals surface area contributed by atoms with E-state index in [1.165, 1.54) is 4.68 Å². The van der Waals surface area contributed by atoms with Crippen molar-refractivity contribution in [1.29, 1.82) is 0 Å². The molecule has 0 saturated heterocycles. The van der Waals surface area contributed by atoms with Gasteiger partial charge in [-0.05, 0) is 42.8 Å². The number of hydrazone groups is 1. The van der Waals surface area contributed by atoms with Crippen molar-refractivity contribution in [3.63, 3.8) is 0 Å². The molecule has 0 aliphatic rings. The third-order valence-electron chi connectivity index (χ3n) is 3.83. The van der Waals surface area contributed by atoms with Crippen LogP contribution in [0, 0.1) is 6.92 Å². The summed E-state index contributed by atoms with van der Waals surface area (Å²) < 4.78 is 12.5. The van der Waals surface area contributed by atoms with Crippen molar-refractivity contribution >= 4 is 35.4 Å². The average molecular weight is 421 g/mol. The molecule has 1 heterocycles. The van der Waals surface area contributed by atoms with Crippen molar-refractivity contribution in [3.05, 3.63) is 63.4 Å². The third kappa shape index (κ3) is 4.65. The summed E-state index contributed by atoms with van der Waals surface area (Å²) in [6.07, 6.45) is 1.60. The van der Waals surface area contributed by atoms with Crippen LogP contribution in [0.2, 0.25) is 10.0 Å². The number of hydrogen-bond acceptors (Lipinski definition) is 7. The summed E-state index contributed by atoms with van der Waals surface area (Å²) in [6.45, 7) is 2.02. The summed E-state index contributed by atoms with van der Waals surface area (Å²) in [6, 6.07) is 10.7. The number of methoxy groups -OCH3 is 1. The van der Waals surface area contributed by atoms with Crippen LogP contribution in [0.4, 0.5) is 5.95 Å². The average Bonchev–Trinajstić information content (AvgIpc) is 3.00. The van der Waals surface area contributed by atoms with Crippen LogP contribution in [-0.2, 0) is 6.61 Å². The van der Waals surface area contributed by atoms with Gasteiger partial charge in [0.05, 0.1) is 13.3 Å². The highest BCUT2D eigenvalue weighted by Gasteiger charge is 2.08. The molecular weight excluding hydrogens is 403 g/mol. The lowest BCUT2D eigenvalue weighted by atomic mass is 10.2. The van der Waals surface area contributed by atoms with E-state index in [0.29, 0.717) is 33.3 Å². The molecule has 0 amide bonds. The summed E-state index contributed by atoms with van der Waals surface area (Å²) >= 11 is 12.1. The van der Waals surface area contributed by atoms with E-state index >= 15 is 0 Å². The molecule has 0 saturated carbocycles. The molecule has 3 N–H and O–H groups in total. The Kier molecular flexibility index (Phi) is 6.23. The SMILES string of the molecule is COc1cc(/C=N/Nc2nnc(C)n2N)ccc1OCc1ccc(Cl)cc1Cl. The van der Waals surface area contributed by atoms with Crippen LogP contribution in [0.15, 0.2) is 41.5 Å². The number of benzene rings is 2. The van der Waals surface area contributed by atoms with Gasteiger partial charge in [-0.25, -0.2) is 10.1 Å². The maximum atomic E-state index is 6.17. The Hall–Kier alpha value is -2.97. The fourth-order valence-corrected chi connectivity index (χ4v) is 2.75. The molecule has 28 heavy (non-hydrogen) atoms. The first-order valence-corrected chi connectivity index (χ1v) is 8.94. The molecule has 0 aliphatic heterocycles. The highest BCUT2D eigenvalue weighted by molar-refractivity contribution is 6.35. The van der Waals surface area contributed by atoms with Gasteiger partial charge in [0.2, 0.25) is 0 Å². The van der Waals surface area contributed by atoms with Gasteiger partial charge >= 0.3 is 0 Å². The van der Waals surface area contributed by atoms with E-state index in [9.17, 15) is 0 Å². The zero-order valence-corrected chi connectivity index (χ0v) is 16.7. The molecule has 10 heteroatoms. The van der Waals surface area contributed by atoms with Crippen molar-refractivity contribution in [1.82, 2.24) is 14.9 Å². The number of aryl methyl sites for hydroxylation is 1. The van der Waals surface area contributed by atoms with Crippen molar-refractivity contribution in [2.75, 3.05) is 18.4 Å². The molecule has 1 aromatic heterocycles. The molecule has 0 spiro atoms. The summed E-state index contributed by atoms with van der Waals surface area (Å²) in [5, 5.41) is 12.9. The van der Waals surface area contributed by atoms with E-state index in [0.717, 1.165) is 11.1 Å². The zero-order chi connectivity index (χ0) is 20.1. The predicted molar refractivity (Wildman–Crippen MR) is 110 cm³/mol. The first kappa shape index (κ1) is 19.8.